The third-order valence-corrected chi connectivity index (χ3v) is 3.45. The highest BCUT2D eigenvalue weighted by Gasteiger charge is 2.22. The van der Waals surface area contributed by atoms with Gasteiger partial charge in [-0.15, -0.1) is 0 Å². The molecule has 110 valence electrons. The first kappa shape index (κ1) is 14.9. The van der Waals surface area contributed by atoms with Crippen LogP contribution in [-0.4, -0.2) is 18.1 Å². The van der Waals surface area contributed by atoms with Crippen molar-refractivity contribution in [2.45, 2.75) is 51.7 Å². The van der Waals surface area contributed by atoms with E-state index in [0.717, 1.165) is 24.9 Å². The maximum absolute atomic E-state index is 12.0. The summed E-state index contributed by atoms with van der Waals surface area (Å²) in [5, 5.41) is 3.06. The van der Waals surface area contributed by atoms with Crippen molar-refractivity contribution in [3.63, 3.8) is 0 Å². The SMILES string of the molecule is CC(C)(C)OCC(=O)NC1CCCc2cc(N)ccc21. The Morgan fingerprint density at radius 2 is 2.20 bits per heavy atom. The summed E-state index contributed by atoms with van der Waals surface area (Å²) in [6.07, 6.45) is 3.07. The number of benzene rings is 1. The smallest absolute Gasteiger partial charge is 0.246 e. The van der Waals surface area contributed by atoms with E-state index in [4.69, 9.17) is 10.5 Å². The number of rotatable bonds is 3. The molecule has 0 spiro atoms. The quantitative estimate of drug-likeness (QED) is 0.834. The van der Waals surface area contributed by atoms with E-state index in [1.165, 1.54) is 11.1 Å². The Kier molecular flexibility index (Phi) is 4.33. The molecule has 2 rings (SSSR count). The van der Waals surface area contributed by atoms with Gasteiger partial charge in [0, 0.05) is 5.69 Å². The Bertz CT molecular complexity index is 492. The van der Waals surface area contributed by atoms with Crippen LogP contribution >= 0.6 is 0 Å². The van der Waals surface area contributed by atoms with Gasteiger partial charge in [0.25, 0.3) is 0 Å². The second-order valence-electron chi connectivity index (χ2n) is 6.37. The molecule has 4 heteroatoms. The van der Waals surface area contributed by atoms with E-state index in [2.05, 4.69) is 5.32 Å². The predicted octanol–water partition coefficient (Wildman–Crippen LogP) is 2.58. The first-order valence-electron chi connectivity index (χ1n) is 7.17. The van der Waals surface area contributed by atoms with Crippen LogP contribution in [0.1, 0.15) is 50.8 Å². The molecule has 0 bridgehead atoms. The average molecular weight is 276 g/mol. The van der Waals surface area contributed by atoms with Gasteiger partial charge in [0.2, 0.25) is 5.91 Å². The molecule has 1 unspecified atom stereocenters. The van der Waals surface area contributed by atoms with Gasteiger partial charge in [-0.25, -0.2) is 0 Å². The van der Waals surface area contributed by atoms with Crippen LogP contribution in [0.4, 0.5) is 5.69 Å². The predicted molar refractivity (Wildman–Crippen MR) is 80.4 cm³/mol. The molecule has 1 aromatic rings. The molecule has 0 fully saturated rings. The summed E-state index contributed by atoms with van der Waals surface area (Å²) in [6, 6.07) is 6.02. The van der Waals surface area contributed by atoms with Crippen molar-refractivity contribution in [2.24, 2.45) is 0 Å². The van der Waals surface area contributed by atoms with Crippen LogP contribution < -0.4 is 11.1 Å². The summed E-state index contributed by atoms with van der Waals surface area (Å²) >= 11 is 0. The highest BCUT2D eigenvalue weighted by molar-refractivity contribution is 5.77. The first-order chi connectivity index (χ1) is 9.35. The molecule has 1 aromatic carbocycles. The van der Waals surface area contributed by atoms with Crippen molar-refractivity contribution in [2.75, 3.05) is 12.3 Å². The largest absolute Gasteiger partial charge is 0.399 e. The fraction of sp³-hybridized carbons (Fsp3) is 0.562. The molecule has 1 aliphatic carbocycles. The van der Waals surface area contributed by atoms with E-state index in [9.17, 15) is 4.79 Å². The van der Waals surface area contributed by atoms with E-state index in [1.54, 1.807) is 0 Å². The lowest BCUT2D eigenvalue weighted by atomic mass is 9.87. The lowest BCUT2D eigenvalue weighted by Gasteiger charge is -2.27. The van der Waals surface area contributed by atoms with Crippen LogP contribution in [-0.2, 0) is 16.0 Å². The minimum absolute atomic E-state index is 0.0606. The van der Waals surface area contributed by atoms with Crippen molar-refractivity contribution in [1.29, 1.82) is 0 Å². The van der Waals surface area contributed by atoms with Crippen LogP contribution in [0.25, 0.3) is 0 Å². The number of hydrogen-bond acceptors (Lipinski definition) is 3. The summed E-state index contributed by atoms with van der Waals surface area (Å²) < 4.78 is 5.51. The Hall–Kier alpha value is -1.55. The van der Waals surface area contributed by atoms with E-state index in [-0.39, 0.29) is 24.2 Å². The van der Waals surface area contributed by atoms with Crippen molar-refractivity contribution in [3.8, 4) is 0 Å². The molecule has 0 saturated heterocycles. The molecule has 1 aliphatic rings. The number of aryl methyl sites for hydroxylation is 1. The molecule has 0 aromatic heterocycles. The van der Waals surface area contributed by atoms with Gasteiger partial charge < -0.3 is 15.8 Å². The summed E-state index contributed by atoms with van der Waals surface area (Å²) in [5.74, 6) is -0.0606. The topological polar surface area (TPSA) is 64.3 Å². The molecular formula is C16H24N2O2. The number of nitrogens with one attached hydrogen (secondary N) is 1. The van der Waals surface area contributed by atoms with Gasteiger partial charge in [-0.05, 0) is 63.3 Å². The Balaban J connectivity index is 2.00. The van der Waals surface area contributed by atoms with Crippen molar-refractivity contribution >= 4 is 11.6 Å². The number of fused-ring (bicyclic) bond motifs is 1. The number of hydrogen-bond donors (Lipinski definition) is 2. The average Bonchev–Trinajstić information content (AvgIpc) is 2.35. The molecule has 1 atom stereocenters. The minimum atomic E-state index is -0.295. The van der Waals surface area contributed by atoms with E-state index in [0.29, 0.717) is 0 Å². The second kappa shape index (κ2) is 5.83. The van der Waals surface area contributed by atoms with Crippen LogP contribution in [0, 0.1) is 0 Å². The second-order valence-corrected chi connectivity index (χ2v) is 6.37. The van der Waals surface area contributed by atoms with Gasteiger partial charge in [0.05, 0.1) is 11.6 Å². The highest BCUT2D eigenvalue weighted by Crippen LogP contribution is 2.30. The van der Waals surface area contributed by atoms with Crippen LogP contribution in [0.3, 0.4) is 0 Å². The third kappa shape index (κ3) is 3.97. The van der Waals surface area contributed by atoms with E-state index >= 15 is 0 Å². The summed E-state index contributed by atoms with van der Waals surface area (Å²) in [7, 11) is 0. The Labute approximate surface area is 120 Å². The number of nitrogens with two attached hydrogens (primary N) is 1. The maximum atomic E-state index is 12.0. The molecule has 3 N–H and O–H groups in total. The zero-order valence-corrected chi connectivity index (χ0v) is 12.5. The number of ether oxygens (including phenoxy) is 1. The molecule has 0 saturated carbocycles. The highest BCUT2D eigenvalue weighted by atomic mass is 16.5. The fourth-order valence-electron chi connectivity index (χ4n) is 2.50. The van der Waals surface area contributed by atoms with Crippen molar-refractivity contribution in [3.05, 3.63) is 29.3 Å². The van der Waals surface area contributed by atoms with Gasteiger partial charge in [0.1, 0.15) is 6.61 Å². The third-order valence-electron chi connectivity index (χ3n) is 3.45. The molecule has 0 aliphatic heterocycles. The molecule has 1 amide bonds. The van der Waals surface area contributed by atoms with Gasteiger partial charge in [0.15, 0.2) is 0 Å². The zero-order valence-electron chi connectivity index (χ0n) is 12.5. The fourth-order valence-corrected chi connectivity index (χ4v) is 2.50. The molecule has 0 heterocycles. The molecule has 20 heavy (non-hydrogen) atoms. The first-order valence-corrected chi connectivity index (χ1v) is 7.17. The standard InChI is InChI=1S/C16H24N2O2/c1-16(2,3)20-10-15(19)18-14-6-4-5-11-9-12(17)7-8-13(11)14/h7-9,14H,4-6,10,17H2,1-3H3,(H,18,19). The summed E-state index contributed by atoms with van der Waals surface area (Å²) in [5.41, 5.74) is 8.74. The van der Waals surface area contributed by atoms with Gasteiger partial charge in [-0.3, -0.25) is 4.79 Å². The van der Waals surface area contributed by atoms with Crippen molar-refractivity contribution in [1.82, 2.24) is 5.32 Å². The monoisotopic (exact) mass is 276 g/mol. The van der Waals surface area contributed by atoms with E-state index in [1.807, 2.05) is 39.0 Å². The normalized spacial score (nSPS) is 18.4. The minimum Gasteiger partial charge on any atom is -0.399 e. The molecule has 0 radical (unpaired) electrons. The van der Waals surface area contributed by atoms with Gasteiger partial charge >= 0.3 is 0 Å². The van der Waals surface area contributed by atoms with Crippen LogP contribution in [0.5, 0.6) is 0 Å². The summed E-state index contributed by atoms with van der Waals surface area (Å²) in [6.45, 7) is 5.93. The Morgan fingerprint density at radius 3 is 2.90 bits per heavy atom. The molecular weight excluding hydrogens is 252 g/mol. The Morgan fingerprint density at radius 1 is 1.45 bits per heavy atom. The number of anilines is 1. The number of carbonyl (C=O) groups is 1. The lowest BCUT2D eigenvalue weighted by molar-refractivity contribution is -0.131. The zero-order chi connectivity index (χ0) is 14.8. The number of nitrogen functional groups attached to an aromatic ring is 1. The maximum Gasteiger partial charge on any atom is 0.246 e. The van der Waals surface area contributed by atoms with Gasteiger partial charge in [-0.2, -0.15) is 0 Å². The number of carbonyl (C=O) groups excluding carboxylic acids is 1. The van der Waals surface area contributed by atoms with Crippen LogP contribution in [0.2, 0.25) is 0 Å². The van der Waals surface area contributed by atoms with E-state index < -0.39 is 0 Å². The summed E-state index contributed by atoms with van der Waals surface area (Å²) in [4.78, 5) is 12.0. The van der Waals surface area contributed by atoms with Crippen molar-refractivity contribution < 1.29 is 9.53 Å². The number of amides is 1. The van der Waals surface area contributed by atoms with Gasteiger partial charge in [-0.1, -0.05) is 6.07 Å². The van der Waals surface area contributed by atoms with Crippen LogP contribution in [0.15, 0.2) is 18.2 Å². The lowest BCUT2D eigenvalue weighted by Crippen LogP contribution is -2.36. The molecule has 4 nitrogen and oxygen atoms in total.